The second-order valence-electron chi connectivity index (χ2n) is 8.46. The first-order chi connectivity index (χ1) is 18.3. The van der Waals surface area contributed by atoms with E-state index in [2.05, 4.69) is 5.32 Å². The first-order valence-corrected chi connectivity index (χ1v) is 12.8. The lowest BCUT2D eigenvalue weighted by Gasteiger charge is -2.33. The highest BCUT2D eigenvalue weighted by atomic mass is 32.2. The number of hydrogen-bond acceptors (Lipinski definition) is 4. The van der Waals surface area contributed by atoms with Gasteiger partial charge in [0, 0.05) is 30.1 Å². The molecule has 0 aliphatic heterocycles. The summed E-state index contributed by atoms with van der Waals surface area (Å²) in [4.78, 5) is 24.3. The van der Waals surface area contributed by atoms with Crippen molar-refractivity contribution in [1.29, 1.82) is 0 Å². The summed E-state index contributed by atoms with van der Waals surface area (Å²) in [6.07, 6.45) is -13.0. The van der Waals surface area contributed by atoms with Gasteiger partial charge in [-0.15, -0.1) is 0 Å². The third-order valence-electron chi connectivity index (χ3n) is 5.67. The Balaban J connectivity index is 2.09. The van der Waals surface area contributed by atoms with Gasteiger partial charge in [-0.25, -0.2) is 17.2 Å². The molecule has 6 nitrogen and oxygen atoms in total. The van der Waals surface area contributed by atoms with Crippen molar-refractivity contribution in [1.82, 2.24) is 0 Å². The molecule has 0 saturated heterocycles. The van der Waals surface area contributed by atoms with E-state index in [1.165, 1.54) is 30.3 Å². The third-order valence-corrected chi connectivity index (χ3v) is 6.84. The van der Waals surface area contributed by atoms with Crippen LogP contribution in [0.25, 0.3) is 0 Å². The van der Waals surface area contributed by atoms with Crippen molar-refractivity contribution in [3.8, 4) is 0 Å². The summed E-state index contributed by atoms with van der Waals surface area (Å²) in [5, 5.41) is 2.33. The van der Waals surface area contributed by atoms with Crippen LogP contribution in [0, 0.1) is 5.82 Å². The van der Waals surface area contributed by atoms with Crippen LogP contribution in [-0.4, -0.2) is 45.9 Å². The zero-order valence-electron chi connectivity index (χ0n) is 20.4. The van der Waals surface area contributed by atoms with Gasteiger partial charge in [0.1, 0.15) is 5.82 Å². The highest BCUT2D eigenvalue weighted by molar-refractivity contribution is 7.91. The highest BCUT2D eigenvalue weighted by Crippen LogP contribution is 2.55. The zero-order valence-corrected chi connectivity index (χ0v) is 21.2. The number of alkyl halides is 7. The number of carbonyl (C=O) groups excluding carboxylic acids is 2. The number of amides is 2. The fraction of sp³-hybridized carbons (Fsp3) is 0.200. The predicted octanol–water partition coefficient (Wildman–Crippen LogP) is 6.05. The van der Waals surface area contributed by atoms with Gasteiger partial charge in [-0.1, -0.05) is 30.3 Å². The van der Waals surface area contributed by atoms with Crippen molar-refractivity contribution >= 4 is 33.0 Å². The minimum atomic E-state index is -6.61. The molecule has 3 rings (SSSR count). The van der Waals surface area contributed by atoms with Gasteiger partial charge in [-0.3, -0.25) is 9.59 Å². The molecule has 0 bridgehead atoms. The summed E-state index contributed by atoms with van der Waals surface area (Å²) in [6, 6.07) is 11.0. The highest BCUT2D eigenvalue weighted by Gasteiger charge is 2.74. The maximum atomic E-state index is 15.0. The maximum Gasteiger partial charge on any atom is 0.435 e. The molecule has 0 heterocycles. The number of sulfone groups is 1. The Kier molecular flexibility index (Phi) is 8.03. The fourth-order valence-corrected chi connectivity index (χ4v) is 4.99. The average molecular weight is 594 g/mol. The largest absolute Gasteiger partial charge is 0.435 e. The van der Waals surface area contributed by atoms with Crippen molar-refractivity contribution in [3.63, 3.8) is 0 Å². The Bertz CT molecular complexity index is 1560. The molecular weight excluding hydrogens is 576 g/mol. The van der Waals surface area contributed by atoms with Crippen molar-refractivity contribution in [2.45, 2.75) is 22.9 Å². The van der Waals surface area contributed by atoms with E-state index in [0.29, 0.717) is 11.0 Å². The molecule has 0 radical (unpaired) electrons. The first-order valence-electron chi connectivity index (χ1n) is 10.9. The number of rotatable bonds is 6. The molecule has 0 saturated carbocycles. The molecule has 214 valence electrons. The Hall–Kier alpha value is -4.01. The van der Waals surface area contributed by atoms with Crippen molar-refractivity contribution in [2.75, 3.05) is 23.5 Å². The number of halogens is 8. The monoisotopic (exact) mass is 594 g/mol. The Labute approximate surface area is 222 Å². The lowest BCUT2D eigenvalue weighted by molar-refractivity contribution is -0.349. The zero-order chi connectivity index (χ0) is 30.3. The molecule has 0 aromatic heterocycles. The second-order valence-corrected chi connectivity index (χ2v) is 10.4. The fourth-order valence-electron chi connectivity index (χ4n) is 3.79. The van der Waals surface area contributed by atoms with Crippen molar-refractivity contribution in [3.05, 3.63) is 89.2 Å². The first kappa shape index (κ1) is 30.5. The van der Waals surface area contributed by atoms with Crippen LogP contribution in [0.5, 0.6) is 0 Å². The Morgan fingerprint density at radius 1 is 0.825 bits per heavy atom. The summed E-state index contributed by atoms with van der Waals surface area (Å²) in [5.41, 5.74) is -10.0. The van der Waals surface area contributed by atoms with E-state index in [1.54, 1.807) is 0 Å². The molecule has 0 spiro atoms. The predicted molar refractivity (Wildman–Crippen MR) is 128 cm³/mol. The number of nitrogens with one attached hydrogen (secondary N) is 1. The Morgan fingerprint density at radius 2 is 1.40 bits per heavy atom. The number of anilines is 2. The normalized spacial score (nSPS) is 12.7. The molecule has 1 N–H and O–H groups in total. The van der Waals surface area contributed by atoms with Crippen LogP contribution in [-0.2, 0) is 15.5 Å². The molecule has 0 atom stereocenters. The van der Waals surface area contributed by atoms with E-state index >= 15 is 0 Å². The summed E-state index contributed by atoms with van der Waals surface area (Å²) >= 11 is 0. The van der Waals surface area contributed by atoms with Crippen molar-refractivity contribution in [2.24, 2.45) is 0 Å². The van der Waals surface area contributed by atoms with Crippen LogP contribution >= 0.6 is 0 Å². The summed E-state index contributed by atoms with van der Waals surface area (Å²) in [7, 11) is -4.16. The number of carbonyl (C=O) groups is 2. The molecule has 3 aromatic carbocycles. The van der Waals surface area contributed by atoms with Crippen LogP contribution in [0.4, 0.5) is 46.5 Å². The second kappa shape index (κ2) is 10.5. The lowest BCUT2D eigenvalue weighted by atomic mass is 9.93. The SMILES string of the molecule is CN(C(=O)c1cccc(NC(=O)c2ccccc2F)c1)c1cccc(C(F)(C(F)(F)F)C(F)(F)F)c1S(C)(=O)=O. The lowest BCUT2D eigenvalue weighted by Crippen LogP contribution is -2.51. The summed E-state index contributed by atoms with van der Waals surface area (Å²) in [6.45, 7) is 0. The topological polar surface area (TPSA) is 83.6 Å². The molecular formula is C25H18F8N2O4S. The molecule has 0 unspecified atom stereocenters. The van der Waals surface area contributed by atoms with E-state index in [4.69, 9.17) is 0 Å². The minimum Gasteiger partial charge on any atom is -0.322 e. The van der Waals surface area contributed by atoms with Gasteiger partial charge in [-0.05, 0) is 36.4 Å². The minimum absolute atomic E-state index is 0.0258. The molecule has 0 aliphatic carbocycles. The van der Waals surface area contributed by atoms with Crippen LogP contribution in [0.15, 0.2) is 71.6 Å². The molecule has 0 fully saturated rings. The summed E-state index contributed by atoms with van der Waals surface area (Å²) in [5.74, 6) is -2.89. The molecule has 40 heavy (non-hydrogen) atoms. The van der Waals surface area contributed by atoms with Crippen molar-refractivity contribution < 1.29 is 53.1 Å². The van der Waals surface area contributed by atoms with E-state index < -0.39 is 61.6 Å². The van der Waals surface area contributed by atoms with Gasteiger partial charge in [0.05, 0.1) is 16.1 Å². The van der Waals surface area contributed by atoms with Gasteiger partial charge in [0.2, 0.25) is 0 Å². The van der Waals surface area contributed by atoms with Gasteiger partial charge in [0.25, 0.3) is 11.8 Å². The van der Waals surface area contributed by atoms with E-state index in [1.807, 2.05) is 0 Å². The third kappa shape index (κ3) is 5.64. The van der Waals surface area contributed by atoms with Gasteiger partial charge >= 0.3 is 18.0 Å². The average Bonchev–Trinajstić information content (AvgIpc) is 2.85. The van der Waals surface area contributed by atoms with Crippen LogP contribution in [0.1, 0.15) is 26.3 Å². The smallest absolute Gasteiger partial charge is 0.322 e. The van der Waals surface area contributed by atoms with Crippen LogP contribution in [0.3, 0.4) is 0 Å². The van der Waals surface area contributed by atoms with E-state index in [0.717, 1.165) is 31.3 Å². The number of benzene rings is 3. The molecule has 0 aliphatic rings. The number of hydrogen-bond donors (Lipinski definition) is 1. The maximum absolute atomic E-state index is 15.0. The van der Waals surface area contributed by atoms with Crippen LogP contribution < -0.4 is 10.2 Å². The van der Waals surface area contributed by atoms with E-state index in [-0.39, 0.29) is 29.1 Å². The van der Waals surface area contributed by atoms with Gasteiger partial charge in [0.15, 0.2) is 9.84 Å². The summed E-state index contributed by atoms with van der Waals surface area (Å²) < 4.78 is 135. The standard InChI is InChI=1S/C25H18F8N2O4S/c1-35(22(37)14-7-5-8-15(13-14)34-21(36)16-9-3-4-11-18(16)26)19-12-6-10-17(20(19)40(2,38)39)23(27,24(28,29)30)25(31,32)33/h3-13H,1-2H3,(H,34,36). The van der Waals surface area contributed by atoms with Gasteiger partial charge in [-0.2, -0.15) is 26.3 Å². The van der Waals surface area contributed by atoms with E-state index in [9.17, 15) is 53.1 Å². The van der Waals surface area contributed by atoms with Crippen LogP contribution in [0.2, 0.25) is 0 Å². The molecule has 15 heteroatoms. The molecule has 2 amide bonds. The quantitative estimate of drug-likeness (QED) is 0.353. The Morgan fingerprint density at radius 3 is 1.95 bits per heavy atom. The molecule has 3 aromatic rings. The number of nitrogens with zero attached hydrogens (tertiary/aromatic N) is 1. The van der Waals surface area contributed by atoms with Gasteiger partial charge < -0.3 is 10.2 Å².